The molecule has 0 aromatic heterocycles. The monoisotopic (exact) mass is 283 g/mol. The van der Waals surface area contributed by atoms with Crippen LogP contribution in [0.5, 0.6) is 0 Å². The topological polar surface area (TPSA) is 21.3 Å². The van der Waals surface area contributed by atoms with Crippen molar-refractivity contribution in [3.05, 3.63) is 34.9 Å². The van der Waals surface area contributed by atoms with E-state index in [-0.39, 0.29) is 0 Å². The molecule has 1 atom stereocenters. The maximum Gasteiger partial charge on any atom is 0.0587 e. The first kappa shape index (κ1) is 16.5. The molecule has 0 heterocycles. The van der Waals surface area contributed by atoms with E-state index >= 15 is 0 Å². The molecule has 1 N–H and O–H groups in total. The summed E-state index contributed by atoms with van der Waals surface area (Å²) in [5.74, 6) is 0.570. The number of benzene rings is 1. The molecule has 0 radical (unpaired) electrons. The normalized spacial score (nSPS) is 12.6. The molecule has 1 aromatic rings. The van der Waals surface area contributed by atoms with Crippen LogP contribution in [0.1, 0.15) is 44.1 Å². The molecule has 108 valence electrons. The van der Waals surface area contributed by atoms with Gasteiger partial charge in [0.2, 0.25) is 0 Å². The lowest BCUT2D eigenvalue weighted by Crippen LogP contribution is -2.25. The van der Waals surface area contributed by atoms with Crippen LogP contribution in [0.15, 0.2) is 24.3 Å². The maximum absolute atomic E-state index is 5.96. The first-order valence-corrected chi connectivity index (χ1v) is 7.60. The summed E-state index contributed by atoms with van der Waals surface area (Å²) in [5.41, 5.74) is 1.38. The van der Waals surface area contributed by atoms with Crippen molar-refractivity contribution < 1.29 is 4.74 Å². The number of rotatable bonds is 10. The minimum Gasteiger partial charge on any atom is -0.383 e. The van der Waals surface area contributed by atoms with Crippen molar-refractivity contribution in [2.75, 3.05) is 26.8 Å². The quantitative estimate of drug-likeness (QED) is 0.649. The van der Waals surface area contributed by atoms with Crippen molar-refractivity contribution in [2.24, 2.45) is 0 Å². The number of ether oxygens (including phenoxy) is 1. The van der Waals surface area contributed by atoms with E-state index in [1.165, 1.54) is 31.2 Å². The summed E-state index contributed by atoms with van der Waals surface area (Å²) in [4.78, 5) is 0. The third-order valence-corrected chi connectivity index (χ3v) is 3.62. The fraction of sp³-hybridized carbons (Fsp3) is 0.625. The smallest absolute Gasteiger partial charge is 0.0587 e. The van der Waals surface area contributed by atoms with Gasteiger partial charge in [0.1, 0.15) is 0 Å². The van der Waals surface area contributed by atoms with Gasteiger partial charge in [-0.3, -0.25) is 0 Å². The Labute approximate surface area is 122 Å². The molecule has 1 aromatic carbocycles. The van der Waals surface area contributed by atoms with Gasteiger partial charge in [-0.2, -0.15) is 0 Å². The lowest BCUT2D eigenvalue weighted by atomic mass is 9.93. The van der Waals surface area contributed by atoms with Crippen LogP contribution < -0.4 is 5.32 Å². The highest BCUT2D eigenvalue weighted by Crippen LogP contribution is 2.23. The molecule has 19 heavy (non-hydrogen) atoms. The number of unbranched alkanes of at least 4 members (excludes halogenated alkanes) is 2. The summed E-state index contributed by atoms with van der Waals surface area (Å²) in [6, 6.07) is 8.27. The Morgan fingerprint density at radius 2 is 1.95 bits per heavy atom. The predicted molar refractivity (Wildman–Crippen MR) is 83.1 cm³/mol. The minimum atomic E-state index is 0.570. The third kappa shape index (κ3) is 6.95. The molecule has 0 fully saturated rings. The first-order valence-electron chi connectivity index (χ1n) is 7.23. The summed E-state index contributed by atoms with van der Waals surface area (Å²) in [5, 5.41) is 4.28. The fourth-order valence-corrected chi connectivity index (χ4v) is 2.34. The van der Waals surface area contributed by atoms with Gasteiger partial charge in [0.25, 0.3) is 0 Å². The second-order valence-corrected chi connectivity index (χ2v) is 5.38. The van der Waals surface area contributed by atoms with Gasteiger partial charge in [-0.25, -0.2) is 0 Å². The predicted octanol–water partition coefficient (Wildman–Crippen LogP) is 4.24. The highest BCUT2D eigenvalue weighted by atomic mass is 35.5. The van der Waals surface area contributed by atoms with Crippen molar-refractivity contribution in [3.63, 3.8) is 0 Å². The molecule has 2 nitrogen and oxygen atoms in total. The lowest BCUT2D eigenvalue weighted by Gasteiger charge is -2.18. The van der Waals surface area contributed by atoms with Crippen LogP contribution >= 0.6 is 11.6 Å². The second-order valence-electron chi connectivity index (χ2n) is 4.94. The van der Waals surface area contributed by atoms with E-state index in [0.717, 1.165) is 24.7 Å². The molecule has 1 rings (SSSR count). The van der Waals surface area contributed by atoms with Gasteiger partial charge in [-0.05, 0) is 30.0 Å². The maximum atomic E-state index is 5.96. The van der Waals surface area contributed by atoms with Crippen LogP contribution in [0.4, 0.5) is 0 Å². The molecule has 0 spiro atoms. The zero-order valence-electron chi connectivity index (χ0n) is 12.1. The second kappa shape index (κ2) is 10.2. The molecule has 0 aliphatic heterocycles. The van der Waals surface area contributed by atoms with E-state index in [1.54, 1.807) is 7.11 Å². The van der Waals surface area contributed by atoms with Crippen LogP contribution in [0.3, 0.4) is 0 Å². The van der Waals surface area contributed by atoms with Crippen molar-refractivity contribution >= 4 is 11.6 Å². The lowest BCUT2D eigenvalue weighted by molar-refractivity contribution is 0.198. The molecular weight excluding hydrogens is 258 g/mol. The van der Waals surface area contributed by atoms with Crippen LogP contribution in [-0.2, 0) is 4.74 Å². The zero-order chi connectivity index (χ0) is 13.9. The summed E-state index contributed by atoms with van der Waals surface area (Å²) >= 11 is 5.96. The molecule has 0 saturated heterocycles. The Morgan fingerprint density at radius 3 is 2.58 bits per heavy atom. The Kier molecular flexibility index (Phi) is 8.89. The van der Waals surface area contributed by atoms with Gasteiger partial charge < -0.3 is 10.1 Å². The van der Waals surface area contributed by atoms with E-state index in [9.17, 15) is 0 Å². The Hall–Kier alpha value is -0.570. The largest absolute Gasteiger partial charge is 0.383 e. The van der Waals surface area contributed by atoms with Crippen LogP contribution in [0.2, 0.25) is 5.02 Å². The van der Waals surface area contributed by atoms with Crippen molar-refractivity contribution in [1.29, 1.82) is 0 Å². The number of hydrogen-bond acceptors (Lipinski definition) is 2. The number of halogens is 1. The molecule has 0 aliphatic carbocycles. The van der Waals surface area contributed by atoms with E-state index in [1.807, 2.05) is 12.1 Å². The van der Waals surface area contributed by atoms with Gasteiger partial charge in [-0.15, -0.1) is 0 Å². The molecular formula is C16H26ClNO. The van der Waals surface area contributed by atoms with Crippen LogP contribution in [0, 0.1) is 0 Å². The Balaban J connectivity index is 2.49. The molecule has 1 unspecified atom stereocenters. The number of methoxy groups -OCH3 is 1. The summed E-state index contributed by atoms with van der Waals surface area (Å²) in [6.45, 7) is 4.93. The van der Waals surface area contributed by atoms with Gasteiger partial charge in [0, 0.05) is 25.2 Å². The first-order chi connectivity index (χ1) is 9.27. The van der Waals surface area contributed by atoms with Crippen molar-refractivity contribution in [1.82, 2.24) is 5.32 Å². The molecule has 0 saturated carbocycles. The minimum absolute atomic E-state index is 0.570. The van der Waals surface area contributed by atoms with Crippen molar-refractivity contribution in [2.45, 2.75) is 38.5 Å². The van der Waals surface area contributed by atoms with Gasteiger partial charge in [0.15, 0.2) is 0 Å². The van der Waals surface area contributed by atoms with E-state index in [0.29, 0.717) is 5.92 Å². The third-order valence-electron chi connectivity index (χ3n) is 3.37. The van der Waals surface area contributed by atoms with E-state index in [4.69, 9.17) is 16.3 Å². The SMILES string of the molecule is CCCCCC(CNCCOC)c1ccc(Cl)cc1. The van der Waals surface area contributed by atoms with E-state index < -0.39 is 0 Å². The van der Waals surface area contributed by atoms with Gasteiger partial charge in [0.05, 0.1) is 6.61 Å². The average molecular weight is 284 g/mol. The summed E-state index contributed by atoms with van der Waals surface area (Å²) in [7, 11) is 1.74. The average Bonchev–Trinajstić information content (AvgIpc) is 2.43. The van der Waals surface area contributed by atoms with E-state index in [2.05, 4.69) is 24.4 Å². The van der Waals surface area contributed by atoms with Crippen LogP contribution in [-0.4, -0.2) is 26.8 Å². The number of nitrogens with one attached hydrogen (secondary N) is 1. The fourth-order valence-electron chi connectivity index (χ4n) is 2.21. The van der Waals surface area contributed by atoms with Crippen molar-refractivity contribution in [3.8, 4) is 0 Å². The number of hydrogen-bond donors (Lipinski definition) is 1. The standard InChI is InChI=1S/C16H26ClNO/c1-3-4-5-6-15(13-18-11-12-19-2)14-7-9-16(17)10-8-14/h7-10,15,18H,3-6,11-13H2,1-2H3. The molecule has 0 aliphatic rings. The highest BCUT2D eigenvalue weighted by Gasteiger charge is 2.10. The Morgan fingerprint density at radius 1 is 1.21 bits per heavy atom. The zero-order valence-corrected chi connectivity index (χ0v) is 12.9. The van der Waals surface area contributed by atoms with Crippen LogP contribution in [0.25, 0.3) is 0 Å². The van der Waals surface area contributed by atoms with Gasteiger partial charge in [-0.1, -0.05) is 49.9 Å². The van der Waals surface area contributed by atoms with Gasteiger partial charge >= 0.3 is 0 Å². The Bertz CT molecular complexity index is 326. The molecule has 0 amide bonds. The summed E-state index contributed by atoms with van der Waals surface area (Å²) in [6.07, 6.45) is 5.10. The molecule has 3 heteroatoms. The molecule has 0 bridgehead atoms. The highest BCUT2D eigenvalue weighted by molar-refractivity contribution is 6.30. The summed E-state index contributed by atoms with van der Waals surface area (Å²) < 4.78 is 5.06.